The van der Waals surface area contributed by atoms with Crippen molar-refractivity contribution >= 4 is 22.8 Å². The van der Waals surface area contributed by atoms with Gasteiger partial charge in [0.25, 0.3) is 11.8 Å². The zero-order valence-electron chi connectivity index (χ0n) is 13.1. The molecule has 4 aromatic rings. The van der Waals surface area contributed by atoms with Crippen molar-refractivity contribution in [2.45, 2.75) is 6.92 Å². The Labute approximate surface area is 136 Å². The highest BCUT2D eigenvalue weighted by Gasteiger charge is 2.17. The molecule has 0 unspecified atom stereocenters. The summed E-state index contributed by atoms with van der Waals surface area (Å²) in [6.45, 7) is 1.92. The minimum absolute atomic E-state index is 0.0311. The lowest BCUT2D eigenvalue weighted by molar-refractivity contribution is 0.102. The number of nitrogens with zero attached hydrogens (tertiary/aromatic N) is 4. The number of carbonyl (C=O) groups excluding carboxylic acids is 1. The van der Waals surface area contributed by atoms with Crippen molar-refractivity contribution in [3.63, 3.8) is 0 Å². The highest BCUT2D eigenvalue weighted by molar-refractivity contribution is 6.12. The summed E-state index contributed by atoms with van der Waals surface area (Å²) in [6, 6.07) is 9.42. The van der Waals surface area contributed by atoms with E-state index in [2.05, 4.69) is 25.6 Å². The van der Waals surface area contributed by atoms with Gasteiger partial charge in [0.15, 0.2) is 0 Å². The topological polar surface area (TPSA) is 102 Å². The fraction of sp³-hybridized carbons (Fsp3) is 0.125. The van der Waals surface area contributed by atoms with Crippen molar-refractivity contribution in [3.05, 3.63) is 47.8 Å². The number of H-pyrrole nitrogens is 1. The Bertz CT molecular complexity index is 1020. The number of fused-ring (bicyclic) bond motifs is 1. The van der Waals surface area contributed by atoms with Crippen LogP contribution in [0.4, 0.5) is 6.01 Å². The van der Waals surface area contributed by atoms with Gasteiger partial charge in [-0.05, 0) is 19.1 Å². The molecule has 0 saturated carbocycles. The van der Waals surface area contributed by atoms with Crippen LogP contribution in [-0.2, 0) is 7.05 Å². The summed E-state index contributed by atoms with van der Waals surface area (Å²) in [5.74, 6) is -0.0622. The van der Waals surface area contributed by atoms with Crippen molar-refractivity contribution in [2.24, 2.45) is 7.05 Å². The summed E-state index contributed by atoms with van der Waals surface area (Å²) >= 11 is 0. The Morgan fingerprint density at radius 2 is 2.12 bits per heavy atom. The molecule has 0 spiro atoms. The van der Waals surface area contributed by atoms with E-state index >= 15 is 0 Å². The molecule has 1 amide bonds. The molecule has 1 aromatic carbocycles. The third-order valence-electron chi connectivity index (χ3n) is 3.81. The van der Waals surface area contributed by atoms with E-state index < -0.39 is 0 Å². The van der Waals surface area contributed by atoms with Crippen LogP contribution < -0.4 is 5.32 Å². The molecule has 8 nitrogen and oxygen atoms in total. The molecule has 2 N–H and O–H groups in total. The van der Waals surface area contributed by atoms with Gasteiger partial charge in [0.1, 0.15) is 5.69 Å². The van der Waals surface area contributed by atoms with Crippen molar-refractivity contribution in [2.75, 3.05) is 5.32 Å². The molecule has 0 fully saturated rings. The second kappa shape index (κ2) is 5.34. The number of amides is 1. The van der Waals surface area contributed by atoms with Gasteiger partial charge >= 0.3 is 6.01 Å². The number of carbonyl (C=O) groups is 1. The molecule has 0 aliphatic rings. The molecule has 120 valence electrons. The van der Waals surface area contributed by atoms with Gasteiger partial charge in [-0.3, -0.25) is 14.8 Å². The quantitative estimate of drug-likeness (QED) is 0.603. The SMILES string of the molecule is Cc1cc(-c2nnc(NC(=O)c3c[nH]c4ccccc34)o2)nn1C. The van der Waals surface area contributed by atoms with Crippen molar-refractivity contribution in [3.8, 4) is 11.6 Å². The number of aryl methyl sites for hydroxylation is 2. The lowest BCUT2D eigenvalue weighted by Gasteiger charge is -1.98. The van der Waals surface area contributed by atoms with E-state index in [0.29, 0.717) is 11.3 Å². The molecule has 0 bridgehead atoms. The molecular weight excluding hydrogens is 308 g/mol. The zero-order chi connectivity index (χ0) is 16.7. The number of aromatic nitrogens is 5. The van der Waals surface area contributed by atoms with Crippen LogP contribution in [0, 0.1) is 6.92 Å². The molecule has 4 rings (SSSR count). The number of nitrogens with one attached hydrogen (secondary N) is 2. The lowest BCUT2D eigenvalue weighted by Crippen LogP contribution is -2.11. The van der Waals surface area contributed by atoms with Crippen LogP contribution in [0.5, 0.6) is 0 Å². The van der Waals surface area contributed by atoms with E-state index in [1.165, 1.54) is 0 Å². The Hall–Kier alpha value is -3.42. The largest absolute Gasteiger partial charge is 0.401 e. The summed E-state index contributed by atoms with van der Waals surface area (Å²) in [6.07, 6.45) is 1.65. The van der Waals surface area contributed by atoms with Crippen molar-refractivity contribution in [1.29, 1.82) is 0 Å². The predicted octanol–water partition coefficient (Wildman–Crippen LogP) is 2.51. The Morgan fingerprint density at radius 3 is 2.92 bits per heavy atom. The summed E-state index contributed by atoms with van der Waals surface area (Å²) in [5, 5.41) is 15.5. The summed E-state index contributed by atoms with van der Waals surface area (Å²) in [4.78, 5) is 15.5. The molecule has 0 atom stereocenters. The van der Waals surface area contributed by atoms with Crippen molar-refractivity contribution < 1.29 is 9.21 Å². The van der Waals surface area contributed by atoms with Gasteiger partial charge in [-0.15, -0.1) is 5.10 Å². The average molecular weight is 322 g/mol. The number of rotatable bonds is 3. The predicted molar refractivity (Wildman–Crippen MR) is 87.5 cm³/mol. The fourth-order valence-electron chi connectivity index (χ4n) is 2.47. The maximum Gasteiger partial charge on any atom is 0.322 e. The number of benzene rings is 1. The molecule has 3 aromatic heterocycles. The number of para-hydroxylation sites is 1. The highest BCUT2D eigenvalue weighted by Crippen LogP contribution is 2.21. The first kappa shape index (κ1) is 14.2. The minimum atomic E-state index is -0.320. The summed E-state index contributed by atoms with van der Waals surface area (Å²) in [7, 11) is 1.83. The van der Waals surface area contributed by atoms with E-state index in [9.17, 15) is 4.79 Å². The number of hydrogen-bond donors (Lipinski definition) is 2. The van der Waals surface area contributed by atoms with Crippen LogP contribution in [0.1, 0.15) is 16.1 Å². The Kier molecular flexibility index (Phi) is 3.16. The standard InChI is InChI=1S/C16H14N6O2/c1-9-7-13(21-22(9)2)15-19-20-16(24-15)18-14(23)11-8-17-12-6-4-3-5-10(11)12/h3-8,17H,1-2H3,(H,18,20,23). The van der Waals surface area contributed by atoms with Crippen LogP contribution in [0.25, 0.3) is 22.5 Å². The zero-order valence-corrected chi connectivity index (χ0v) is 13.1. The van der Waals surface area contributed by atoms with Crippen LogP contribution in [0.2, 0.25) is 0 Å². The first-order valence-electron chi connectivity index (χ1n) is 7.34. The van der Waals surface area contributed by atoms with E-state index in [-0.39, 0.29) is 17.8 Å². The van der Waals surface area contributed by atoms with Crippen LogP contribution in [0.3, 0.4) is 0 Å². The fourth-order valence-corrected chi connectivity index (χ4v) is 2.47. The third-order valence-corrected chi connectivity index (χ3v) is 3.81. The molecule has 0 radical (unpaired) electrons. The molecule has 0 saturated heterocycles. The summed E-state index contributed by atoms with van der Waals surface area (Å²) in [5.41, 5.74) is 2.93. The number of anilines is 1. The highest BCUT2D eigenvalue weighted by atomic mass is 16.4. The molecule has 0 aliphatic heterocycles. The van der Waals surface area contributed by atoms with Gasteiger partial charge in [0, 0.05) is 29.8 Å². The molecule has 3 heterocycles. The minimum Gasteiger partial charge on any atom is -0.401 e. The van der Waals surface area contributed by atoms with E-state index in [0.717, 1.165) is 16.6 Å². The smallest absolute Gasteiger partial charge is 0.322 e. The monoisotopic (exact) mass is 322 g/mol. The van der Waals surface area contributed by atoms with Crippen LogP contribution in [-0.4, -0.2) is 30.9 Å². The Balaban J connectivity index is 1.58. The first-order chi connectivity index (χ1) is 11.6. The number of hydrogen-bond acceptors (Lipinski definition) is 5. The lowest BCUT2D eigenvalue weighted by atomic mass is 10.2. The maximum atomic E-state index is 12.4. The first-order valence-corrected chi connectivity index (χ1v) is 7.34. The van der Waals surface area contributed by atoms with Gasteiger partial charge in [0.2, 0.25) is 0 Å². The number of aromatic amines is 1. The van der Waals surface area contributed by atoms with Gasteiger partial charge in [-0.2, -0.15) is 5.10 Å². The van der Waals surface area contributed by atoms with Crippen LogP contribution in [0.15, 0.2) is 40.9 Å². The normalized spacial score (nSPS) is 11.1. The van der Waals surface area contributed by atoms with Crippen molar-refractivity contribution in [1.82, 2.24) is 25.0 Å². The van der Waals surface area contributed by atoms with Gasteiger partial charge < -0.3 is 9.40 Å². The molecule has 24 heavy (non-hydrogen) atoms. The second-order valence-electron chi connectivity index (χ2n) is 5.41. The Morgan fingerprint density at radius 1 is 1.29 bits per heavy atom. The van der Waals surface area contributed by atoms with E-state index in [1.807, 2.05) is 44.3 Å². The molecular formula is C16H14N6O2. The summed E-state index contributed by atoms with van der Waals surface area (Å²) < 4.78 is 7.19. The van der Waals surface area contributed by atoms with E-state index in [1.54, 1.807) is 10.9 Å². The second-order valence-corrected chi connectivity index (χ2v) is 5.41. The third kappa shape index (κ3) is 2.34. The van der Waals surface area contributed by atoms with Crippen LogP contribution >= 0.6 is 0 Å². The molecule has 8 heteroatoms. The maximum absolute atomic E-state index is 12.4. The molecule has 0 aliphatic carbocycles. The van der Waals surface area contributed by atoms with E-state index in [4.69, 9.17) is 4.42 Å². The average Bonchev–Trinajstić information content (AvgIpc) is 3.27. The van der Waals surface area contributed by atoms with Gasteiger partial charge in [-0.25, -0.2) is 0 Å². The van der Waals surface area contributed by atoms with Gasteiger partial charge in [0.05, 0.1) is 5.56 Å². The van der Waals surface area contributed by atoms with Gasteiger partial charge in [-0.1, -0.05) is 23.3 Å².